The average molecular weight is 667 g/mol. The molecule has 1 unspecified atom stereocenters. The Balaban J connectivity index is 1.11. The maximum Gasteiger partial charge on any atom is 0.197 e. The zero-order valence-electron chi connectivity index (χ0n) is 28.4. The van der Waals surface area contributed by atoms with Gasteiger partial charge in [-0.05, 0) is 86.3 Å². The van der Waals surface area contributed by atoms with E-state index >= 15 is 0 Å². The van der Waals surface area contributed by atoms with Crippen molar-refractivity contribution in [3.05, 3.63) is 200 Å². The van der Waals surface area contributed by atoms with E-state index in [1.54, 1.807) is 0 Å². The predicted molar refractivity (Wildman–Crippen MR) is 218 cm³/mol. The molecule has 1 N–H and O–H groups in total. The first kappa shape index (κ1) is 30.0. The largest absolute Gasteiger partial charge is 0.464 e. The van der Waals surface area contributed by atoms with E-state index < -0.39 is 0 Å². The quantitative estimate of drug-likeness (QED) is 0.179. The number of hydrogen-bond acceptors (Lipinski definition) is 3. The average Bonchev–Trinajstić information content (AvgIpc) is 3.68. The van der Waals surface area contributed by atoms with E-state index in [0.717, 1.165) is 50.2 Å². The molecule has 9 aromatic carbocycles. The van der Waals surface area contributed by atoms with Crippen LogP contribution < -0.4 is 15.0 Å². The lowest BCUT2D eigenvalue weighted by molar-refractivity contribution is 0.264. The highest BCUT2D eigenvalue weighted by Gasteiger charge is 2.29. The van der Waals surface area contributed by atoms with Gasteiger partial charge in [-0.2, -0.15) is 0 Å². The number of benzene rings is 9. The highest BCUT2D eigenvalue weighted by atomic mass is 16.5. The SMILES string of the molecule is c1ccc(-c2ccc(N(c3ccc(-c4ccccc4)cc3)c3ccc4c5c(c6ccccc6c4c3)NC(c3cccc4ccccc34)O5)cc2)cc1. The van der Waals surface area contributed by atoms with Crippen molar-refractivity contribution < 1.29 is 4.74 Å². The number of nitrogens with one attached hydrogen (secondary N) is 1. The highest BCUT2D eigenvalue weighted by molar-refractivity contribution is 6.18. The van der Waals surface area contributed by atoms with Crippen LogP contribution in [0.1, 0.15) is 11.8 Å². The molecule has 0 amide bonds. The van der Waals surface area contributed by atoms with Gasteiger partial charge in [-0.1, -0.05) is 152 Å². The van der Waals surface area contributed by atoms with Crippen molar-refractivity contribution in [3.8, 4) is 28.0 Å². The number of hydrogen-bond donors (Lipinski definition) is 1. The Morgan fingerprint density at radius 3 is 1.56 bits per heavy atom. The Hall–Kier alpha value is -6.84. The molecule has 0 aromatic heterocycles. The molecule has 0 spiro atoms. The van der Waals surface area contributed by atoms with Gasteiger partial charge >= 0.3 is 0 Å². The zero-order valence-corrected chi connectivity index (χ0v) is 28.4. The van der Waals surface area contributed by atoms with Crippen molar-refractivity contribution in [1.29, 1.82) is 0 Å². The van der Waals surface area contributed by atoms with Crippen molar-refractivity contribution in [2.75, 3.05) is 10.2 Å². The standard InChI is InChI=1S/C49H34N2O/c1-3-12-33(13-4-1)35-22-26-38(27-23-35)51(39-28-24-36(25-29-39)34-14-5-2-6-15-34)40-30-31-44-46(32-40)42-19-9-10-20-43(42)47-48(44)52-49(50-47)45-21-11-17-37-16-7-8-18-41(37)45/h1-32,49-50H. The van der Waals surface area contributed by atoms with E-state index in [2.05, 4.69) is 204 Å². The van der Waals surface area contributed by atoms with Gasteiger partial charge in [-0.15, -0.1) is 0 Å². The number of rotatable bonds is 6. The Morgan fingerprint density at radius 2 is 0.904 bits per heavy atom. The lowest BCUT2D eigenvalue weighted by Gasteiger charge is -2.26. The summed E-state index contributed by atoms with van der Waals surface area (Å²) in [7, 11) is 0. The van der Waals surface area contributed by atoms with Crippen LogP contribution in [-0.4, -0.2) is 0 Å². The molecule has 0 saturated carbocycles. The van der Waals surface area contributed by atoms with Crippen LogP contribution in [0.4, 0.5) is 22.7 Å². The van der Waals surface area contributed by atoms with Crippen molar-refractivity contribution in [2.45, 2.75) is 6.23 Å². The normalized spacial score (nSPS) is 13.5. The lowest BCUT2D eigenvalue weighted by atomic mass is 9.98. The molecule has 3 heteroatoms. The smallest absolute Gasteiger partial charge is 0.197 e. The van der Waals surface area contributed by atoms with Crippen molar-refractivity contribution >= 4 is 55.1 Å². The van der Waals surface area contributed by atoms with Gasteiger partial charge in [-0.3, -0.25) is 0 Å². The van der Waals surface area contributed by atoms with Gasteiger partial charge in [0, 0.05) is 33.4 Å². The molecular weight excluding hydrogens is 633 g/mol. The van der Waals surface area contributed by atoms with Crippen LogP contribution in [0.3, 0.4) is 0 Å². The van der Waals surface area contributed by atoms with Crippen LogP contribution in [0.25, 0.3) is 54.6 Å². The molecule has 10 rings (SSSR count). The number of ether oxygens (including phenoxy) is 1. The van der Waals surface area contributed by atoms with Gasteiger partial charge in [-0.25, -0.2) is 0 Å². The molecule has 1 atom stereocenters. The third-order valence-corrected chi connectivity index (χ3v) is 10.3. The molecule has 0 aliphatic carbocycles. The molecule has 0 fully saturated rings. The molecule has 0 bridgehead atoms. The van der Waals surface area contributed by atoms with E-state index in [4.69, 9.17) is 4.74 Å². The predicted octanol–water partition coefficient (Wildman–Crippen LogP) is 13.5. The molecule has 246 valence electrons. The molecule has 1 aliphatic rings. The Bertz CT molecular complexity index is 2630. The van der Waals surface area contributed by atoms with Crippen molar-refractivity contribution in [3.63, 3.8) is 0 Å². The molecule has 1 heterocycles. The van der Waals surface area contributed by atoms with Crippen molar-refractivity contribution in [2.24, 2.45) is 0 Å². The van der Waals surface area contributed by atoms with E-state index in [-0.39, 0.29) is 6.23 Å². The molecular formula is C49H34N2O. The molecule has 0 saturated heterocycles. The van der Waals surface area contributed by atoms with Crippen LogP contribution in [0, 0.1) is 0 Å². The summed E-state index contributed by atoms with van der Waals surface area (Å²) < 4.78 is 6.88. The first-order chi connectivity index (χ1) is 25.8. The number of anilines is 4. The Morgan fingerprint density at radius 1 is 0.385 bits per heavy atom. The summed E-state index contributed by atoms with van der Waals surface area (Å²) in [6, 6.07) is 69.2. The molecule has 52 heavy (non-hydrogen) atoms. The lowest BCUT2D eigenvalue weighted by Crippen LogP contribution is -2.10. The van der Waals surface area contributed by atoms with Gasteiger partial charge in [0.2, 0.25) is 0 Å². The monoisotopic (exact) mass is 666 g/mol. The van der Waals surface area contributed by atoms with Crippen molar-refractivity contribution in [1.82, 2.24) is 0 Å². The highest BCUT2D eigenvalue weighted by Crippen LogP contribution is 2.50. The third kappa shape index (κ3) is 5.14. The Labute approximate surface area is 303 Å². The molecule has 3 nitrogen and oxygen atoms in total. The number of nitrogens with zero attached hydrogens (tertiary/aromatic N) is 1. The minimum atomic E-state index is -0.294. The fourth-order valence-electron chi connectivity index (χ4n) is 7.76. The summed E-state index contributed by atoms with van der Waals surface area (Å²) in [5.74, 6) is 0.893. The second-order valence-corrected chi connectivity index (χ2v) is 13.4. The fourth-order valence-corrected chi connectivity index (χ4v) is 7.76. The van der Waals surface area contributed by atoms with Gasteiger partial charge < -0.3 is 15.0 Å². The van der Waals surface area contributed by atoms with Crippen LogP contribution in [0.2, 0.25) is 0 Å². The molecule has 9 aromatic rings. The second-order valence-electron chi connectivity index (χ2n) is 13.4. The van der Waals surface area contributed by atoms with E-state index in [0.29, 0.717) is 0 Å². The van der Waals surface area contributed by atoms with Gasteiger partial charge in [0.05, 0.1) is 5.69 Å². The third-order valence-electron chi connectivity index (χ3n) is 10.3. The Kier molecular flexibility index (Phi) is 7.21. The molecule has 1 aliphatic heterocycles. The fraction of sp³-hybridized carbons (Fsp3) is 0.0204. The van der Waals surface area contributed by atoms with Gasteiger partial charge in [0.1, 0.15) is 0 Å². The minimum Gasteiger partial charge on any atom is -0.464 e. The van der Waals surface area contributed by atoms with Crippen LogP contribution in [0.5, 0.6) is 5.75 Å². The van der Waals surface area contributed by atoms with E-state index in [1.807, 2.05) is 0 Å². The topological polar surface area (TPSA) is 24.5 Å². The first-order valence-electron chi connectivity index (χ1n) is 17.8. The summed E-state index contributed by atoms with van der Waals surface area (Å²) in [5.41, 5.74) is 10.2. The molecule has 0 radical (unpaired) electrons. The second kappa shape index (κ2) is 12.5. The maximum absolute atomic E-state index is 6.88. The van der Waals surface area contributed by atoms with Gasteiger partial charge in [0.25, 0.3) is 0 Å². The minimum absolute atomic E-state index is 0.294. The van der Waals surface area contributed by atoms with E-state index in [9.17, 15) is 0 Å². The number of fused-ring (bicyclic) bond motifs is 7. The van der Waals surface area contributed by atoms with E-state index in [1.165, 1.54) is 38.4 Å². The first-order valence-corrected chi connectivity index (χ1v) is 17.8. The summed E-state index contributed by atoms with van der Waals surface area (Å²) >= 11 is 0. The van der Waals surface area contributed by atoms with Crippen LogP contribution in [0.15, 0.2) is 194 Å². The summed E-state index contributed by atoms with van der Waals surface area (Å²) in [6.45, 7) is 0. The van der Waals surface area contributed by atoms with Crippen LogP contribution >= 0.6 is 0 Å². The van der Waals surface area contributed by atoms with Crippen LogP contribution in [-0.2, 0) is 0 Å². The summed E-state index contributed by atoms with van der Waals surface area (Å²) in [6.07, 6.45) is -0.294. The maximum atomic E-state index is 6.88. The van der Waals surface area contributed by atoms with Gasteiger partial charge in [0.15, 0.2) is 12.0 Å². The summed E-state index contributed by atoms with van der Waals surface area (Å²) in [5, 5.41) is 10.7. The summed E-state index contributed by atoms with van der Waals surface area (Å²) in [4.78, 5) is 2.35. The zero-order chi connectivity index (χ0) is 34.4.